The first-order valence-electron chi connectivity index (χ1n) is 14.5. The fourth-order valence-electron chi connectivity index (χ4n) is 5.56. The van der Waals surface area contributed by atoms with Crippen molar-refractivity contribution in [2.45, 2.75) is 25.8 Å². The van der Waals surface area contributed by atoms with Gasteiger partial charge in [0.1, 0.15) is 11.7 Å². The van der Waals surface area contributed by atoms with Gasteiger partial charge in [0.25, 0.3) is 0 Å². The molecule has 1 fully saturated rings. The number of rotatable bonds is 9. The van der Waals surface area contributed by atoms with Crippen molar-refractivity contribution >= 4 is 33.5 Å². The largest absolute Gasteiger partial charge is 0.353 e. The van der Waals surface area contributed by atoms with E-state index < -0.39 is 0 Å². The van der Waals surface area contributed by atoms with Gasteiger partial charge in [0.05, 0.1) is 22.8 Å². The highest BCUT2D eigenvalue weighted by Gasteiger charge is 2.25. The Balaban J connectivity index is 1.36. The van der Waals surface area contributed by atoms with Crippen LogP contribution in [0.5, 0.6) is 0 Å². The van der Waals surface area contributed by atoms with Crippen LogP contribution in [0.2, 0.25) is 0 Å². The zero-order valence-corrected chi connectivity index (χ0v) is 24.7. The summed E-state index contributed by atoms with van der Waals surface area (Å²) in [4.78, 5) is 21.9. The highest BCUT2D eigenvalue weighted by Crippen LogP contribution is 2.34. The molecule has 1 saturated heterocycles. The summed E-state index contributed by atoms with van der Waals surface area (Å²) in [6.45, 7) is 8.36. The molecule has 10 heteroatoms. The van der Waals surface area contributed by atoms with Crippen molar-refractivity contribution in [2.24, 2.45) is 10.7 Å². The van der Waals surface area contributed by atoms with Crippen molar-refractivity contribution in [3.63, 3.8) is 0 Å². The fourth-order valence-corrected chi connectivity index (χ4v) is 5.56. The molecule has 0 amide bonds. The summed E-state index contributed by atoms with van der Waals surface area (Å²) < 4.78 is 14.7. The number of aromatic nitrogens is 5. The maximum atomic E-state index is 14.7. The number of nitrogens with zero attached hydrogens (tertiary/aromatic N) is 6. The Morgan fingerprint density at radius 1 is 1.19 bits per heavy atom. The molecule has 0 unspecified atom stereocenters. The quantitative estimate of drug-likeness (QED) is 0.160. The van der Waals surface area contributed by atoms with E-state index in [1.807, 2.05) is 51.4 Å². The maximum Gasteiger partial charge on any atom is 0.181 e. The molecule has 0 spiro atoms. The highest BCUT2D eigenvalue weighted by molar-refractivity contribution is 6.01. The molecule has 4 aromatic heterocycles. The molecule has 5 heterocycles. The number of aliphatic imine (C=N–C) groups is 1. The van der Waals surface area contributed by atoms with Gasteiger partial charge >= 0.3 is 0 Å². The number of hydrogen-bond acceptors (Lipinski definition) is 6. The molecular formula is C33H36FN9. The standard InChI is InChI=1S/C33H36FN9/c1-5-27(39-30(6-2)43-18-24(35)19-43)22-15-26-32(40-41-33(26)37-17-22)29-16-25-28(38-29)9-10-36-31(25)21-12-20(13-23(34)14-21)8-7-11-42(3)4/h5-6,9-10,12-17,24,38H,2,7-8,11,18-19,35H2,1,3-4H3,(H,37,40,41)/b27-5-,39-30?. The van der Waals surface area contributed by atoms with E-state index in [9.17, 15) is 4.39 Å². The van der Waals surface area contributed by atoms with Crippen molar-refractivity contribution in [1.29, 1.82) is 0 Å². The number of likely N-dealkylation sites (tertiary alicyclic amines) is 1. The van der Waals surface area contributed by atoms with Crippen LogP contribution in [0.1, 0.15) is 24.5 Å². The van der Waals surface area contributed by atoms with Gasteiger partial charge in [-0.1, -0.05) is 12.7 Å². The SMILES string of the molecule is C=CC(=N/C(=C\C)c1cnc2n[nH]c(-c3cc4c(-c5cc(F)cc(CCCN(C)C)c5)nccc4[nH]3)c2c1)N1CC(N)C1. The number of hydrogen-bond donors (Lipinski definition) is 3. The summed E-state index contributed by atoms with van der Waals surface area (Å²) in [5.74, 6) is 0.528. The first kappa shape index (κ1) is 28.4. The third-order valence-corrected chi connectivity index (χ3v) is 7.75. The number of nitrogens with one attached hydrogen (secondary N) is 2. The zero-order chi connectivity index (χ0) is 30.1. The van der Waals surface area contributed by atoms with E-state index in [4.69, 9.17) is 10.7 Å². The second-order valence-corrected chi connectivity index (χ2v) is 11.3. The summed E-state index contributed by atoms with van der Waals surface area (Å²) in [7, 11) is 4.09. The summed E-state index contributed by atoms with van der Waals surface area (Å²) in [5, 5.41) is 9.36. The van der Waals surface area contributed by atoms with Crippen LogP contribution >= 0.6 is 0 Å². The Bertz CT molecular complexity index is 1860. The maximum absolute atomic E-state index is 14.7. The van der Waals surface area contributed by atoms with E-state index in [2.05, 4.69) is 41.5 Å². The second kappa shape index (κ2) is 11.9. The normalized spacial score (nSPS) is 14.7. The lowest BCUT2D eigenvalue weighted by Gasteiger charge is -2.38. The molecule has 5 aromatic rings. The third-order valence-electron chi connectivity index (χ3n) is 7.75. The van der Waals surface area contributed by atoms with Gasteiger partial charge in [0.2, 0.25) is 0 Å². The van der Waals surface area contributed by atoms with Crippen molar-refractivity contribution in [2.75, 3.05) is 33.7 Å². The molecule has 0 aliphatic carbocycles. The molecule has 0 saturated carbocycles. The van der Waals surface area contributed by atoms with Gasteiger partial charge in [-0.05, 0) is 88.4 Å². The molecule has 1 aliphatic rings. The molecule has 43 heavy (non-hydrogen) atoms. The van der Waals surface area contributed by atoms with Crippen LogP contribution in [0, 0.1) is 5.82 Å². The van der Waals surface area contributed by atoms with Gasteiger partial charge in [-0.2, -0.15) is 5.10 Å². The molecule has 0 bridgehead atoms. The Hall–Kier alpha value is -4.67. The number of H-pyrrole nitrogens is 2. The Labute approximate surface area is 250 Å². The topological polar surface area (TPSA) is 115 Å². The summed E-state index contributed by atoms with van der Waals surface area (Å²) in [5.41, 5.74) is 13.2. The Morgan fingerprint density at radius 3 is 2.77 bits per heavy atom. The smallest absolute Gasteiger partial charge is 0.181 e. The molecule has 0 atom stereocenters. The molecule has 0 radical (unpaired) electrons. The van der Waals surface area contributed by atoms with E-state index in [-0.39, 0.29) is 11.9 Å². The van der Waals surface area contributed by atoms with Crippen LogP contribution < -0.4 is 5.73 Å². The summed E-state index contributed by atoms with van der Waals surface area (Å²) >= 11 is 0. The van der Waals surface area contributed by atoms with E-state index in [1.54, 1.807) is 30.6 Å². The lowest BCUT2D eigenvalue weighted by molar-refractivity contribution is 0.256. The minimum absolute atomic E-state index is 0.161. The molecule has 220 valence electrons. The predicted octanol–water partition coefficient (Wildman–Crippen LogP) is 5.39. The van der Waals surface area contributed by atoms with Crippen molar-refractivity contribution in [3.05, 3.63) is 84.5 Å². The predicted molar refractivity (Wildman–Crippen MR) is 172 cm³/mol. The van der Waals surface area contributed by atoms with E-state index in [0.717, 1.165) is 94.1 Å². The second-order valence-electron chi connectivity index (χ2n) is 11.3. The number of fused-ring (bicyclic) bond motifs is 2. The van der Waals surface area contributed by atoms with Crippen molar-refractivity contribution < 1.29 is 4.39 Å². The number of nitrogens with two attached hydrogens (primary N) is 1. The minimum atomic E-state index is -0.260. The molecule has 1 aromatic carbocycles. The monoisotopic (exact) mass is 577 g/mol. The number of halogens is 1. The average molecular weight is 578 g/mol. The number of aromatic amines is 2. The number of pyridine rings is 2. The van der Waals surface area contributed by atoms with Crippen LogP contribution in [-0.2, 0) is 6.42 Å². The summed E-state index contributed by atoms with van der Waals surface area (Å²) in [6.07, 6.45) is 8.99. The van der Waals surface area contributed by atoms with E-state index >= 15 is 0 Å². The molecule has 6 rings (SSSR count). The van der Waals surface area contributed by atoms with E-state index in [1.165, 1.54) is 0 Å². The average Bonchev–Trinajstić information content (AvgIpc) is 3.60. The van der Waals surface area contributed by atoms with Gasteiger partial charge in [-0.3, -0.25) is 10.1 Å². The van der Waals surface area contributed by atoms with Crippen LogP contribution in [0.3, 0.4) is 0 Å². The molecule has 1 aliphatic heterocycles. The van der Waals surface area contributed by atoms with Gasteiger partial charge in [-0.25, -0.2) is 14.4 Å². The molecular weight excluding hydrogens is 541 g/mol. The number of allylic oxidation sites excluding steroid dienone is 1. The lowest BCUT2D eigenvalue weighted by atomic mass is 10.0. The minimum Gasteiger partial charge on any atom is -0.353 e. The van der Waals surface area contributed by atoms with Crippen LogP contribution in [-0.4, -0.2) is 80.6 Å². The van der Waals surface area contributed by atoms with Gasteiger partial charge in [-0.15, -0.1) is 0 Å². The summed E-state index contributed by atoms with van der Waals surface area (Å²) in [6, 6.07) is 11.4. The molecule has 4 N–H and O–H groups in total. The molecule has 9 nitrogen and oxygen atoms in total. The third kappa shape index (κ3) is 5.84. The van der Waals surface area contributed by atoms with Crippen LogP contribution in [0.4, 0.5) is 4.39 Å². The lowest BCUT2D eigenvalue weighted by Crippen LogP contribution is -2.57. The van der Waals surface area contributed by atoms with Gasteiger partial charge in [0, 0.05) is 58.9 Å². The number of amidine groups is 1. The van der Waals surface area contributed by atoms with Gasteiger partial charge in [0.15, 0.2) is 5.65 Å². The highest BCUT2D eigenvalue weighted by atomic mass is 19.1. The fraction of sp³-hybridized carbons (Fsp3) is 0.273. The Kier molecular flexibility index (Phi) is 7.88. The van der Waals surface area contributed by atoms with Crippen LogP contribution in [0.25, 0.3) is 50.3 Å². The Morgan fingerprint density at radius 2 is 2.02 bits per heavy atom. The number of aryl methyl sites for hydroxylation is 1. The zero-order valence-electron chi connectivity index (χ0n) is 24.7. The first-order valence-corrected chi connectivity index (χ1v) is 14.5. The first-order chi connectivity index (χ1) is 20.8. The number of benzene rings is 1. The van der Waals surface area contributed by atoms with Crippen molar-refractivity contribution in [1.82, 2.24) is 34.9 Å². The van der Waals surface area contributed by atoms with Crippen LogP contribution in [0.15, 0.2) is 72.5 Å². The van der Waals surface area contributed by atoms with Gasteiger partial charge < -0.3 is 20.5 Å². The van der Waals surface area contributed by atoms with Crippen molar-refractivity contribution in [3.8, 4) is 22.6 Å². The van der Waals surface area contributed by atoms with E-state index in [0.29, 0.717) is 5.65 Å².